The Morgan fingerprint density at radius 1 is 0.864 bits per heavy atom. The zero-order valence-electron chi connectivity index (χ0n) is 13.9. The Labute approximate surface area is 133 Å². The molecule has 0 aliphatic heterocycles. The lowest BCUT2D eigenvalue weighted by Gasteiger charge is -2.15. The van der Waals surface area contributed by atoms with Crippen molar-refractivity contribution >= 4 is 11.8 Å². The van der Waals surface area contributed by atoms with Crippen LogP contribution < -0.4 is 10.6 Å². The highest BCUT2D eigenvalue weighted by atomic mass is 16.3. The highest BCUT2D eigenvalue weighted by Crippen LogP contribution is 2.07. The van der Waals surface area contributed by atoms with Crippen LogP contribution in [0.3, 0.4) is 0 Å². The molecule has 2 atom stereocenters. The van der Waals surface area contributed by atoms with Gasteiger partial charge >= 0.3 is 0 Å². The number of carbonyl (C=O) groups is 2. The summed E-state index contributed by atoms with van der Waals surface area (Å²) < 4.78 is 0. The highest BCUT2D eigenvalue weighted by Gasteiger charge is 2.12. The molecule has 0 radical (unpaired) electrons. The Morgan fingerprint density at radius 2 is 1.41 bits per heavy atom. The lowest BCUT2D eigenvalue weighted by Crippen LogP contribution is -2.30. The summed E-state index contributed by atoms with van der Waals surface area (Å²) in [5.74, 6) is -0.293. The number of nitrogens with one attached hydrogen (secondary N) is 2. The van der Waals surface area contributed by atoms with E-state index in [2.05, 4.69) is 17.6 Å². The summed E-state index contributed by atoms with van der Waals surface area (Å²) in [6, 6.07) is 0. The number of unbranched alkanes of at least 4 members (excludes halogenated alkanes) is 1. The first-order valence-corrected chi connectivity index (χ1v) is 8.39. The number of aliphatic hydroxyl groups excluding tert-OH is 2. The molecule has 0 aromatic carbocycles. The monoisotopic (exact) mass is 316 g/mol. The van der Waals surface area contributed by atoms with Gasteiger partial charge < -0.3 is 20.8 Å². The fourth-order valence-corrected chi connectivity index (χ4v) is 2.07. The SMILES string of the molecule is CCCCNC(=O)CCC(=O)NCCC(O)CC(O)CCC. The molecule has 0 spiro atoms. The fourth-order valence-electron chi connectivity index (χ4n) is 2.07. The van der Waals surface area contributed by atoms with Crippen molar-refractivity contribution in [3.05, 3.63) is 0 Å². The van der Waals surface area contributed by atoms with Crippen LogP contribution in [0.1, 0.15) is 65.2 Å². The zero-order chi connectivity index (χ0) is 16.8. The third kappa shape index (κ3) is 12.6. The molecule has 0 saturated heterocycles. The van der Waals surface area contributed by atoms with Crippen LogP contribution in [0.5, 0.6) is 0 Å². The van der Waals surface area contributed by atoms with Gasteiger partial charge in [0.15, 0.2) is 0 Å². The van der Waals surface area contributed by atoms with Crippen LogP contribution in [0.2, 0.25) is 0 Å². The second-order valence-corrected chi connectivity index (χ2v) is 5.67. The first kappa shape index (κ1) is 20.9. The molecule has 22 heavy (non-hydrogen) atoms. The van der Waals surface area contributed by atoms with E-state index in [-0.39, 0.29) is 24.7 Å². The Bertz CT molecular complexity index is 311. The van der Waals surface area contributed by atoms with Gasteiger partial charge in [-0.3, -0.25) is 9.59 Å². The maximum atomic E-state index is 11.6. The van der Waals surface area contributed by atoms with Crippen molar-refractivity contribution in [2.45, 2.75) is 77.4 Å². The average molecular weight is 316 g/mol. The third-order valence-electron chi connectivity index (χ3n) is 3.40. The van der Waals surface area contributed by atoms with Crippen LogP contribution in [-0.4, -0.2) is 47.3 Å². The second-order valence-electron chi connectivity index (χ2n) is 5.67. The molecular formula is C16H32N2O4. The summed E-state index contributed by atoms with van der Waals surface area (Å²) in [7, 11) is 0. The topological polar surface area (TPSA) is 98.7 Å². The van der Waals surface area contributed by atoms with Gasteiger partial charge in [-0.25, -0.2) is 0 Å². The molecule has 0 fully saturated rings. The molecule has 2 amide bonds. The van der Waals surface area contributed by atoms with Crippen LogP contribution in [0.15, 0.2) is 0 Å². The molecule has 0 aromatic heterocycles. The zero-order valence-corrected chi connectivity index (χ0v) is 13.9. The van der Waals surface area contributed by atoms with E-state index in [4.69, 9.17) is 0 Å². The van der Waals surface area contributed by atoms with Crippen LogP contribution in [0, 0.1) is 0 Å². The van der Waals surface area contributed by atoms with Crippen LogP contribution in [0.4, 0.5) is 0 Å². The Kier molecular flexibility index (Phi) is 12.8. The maximum absolute atomic E-state index is 11.6. The highest BCUT2D eigenvalue weighted by molar-refractivity contribution is 5.83. The summed E-state index contributed by atoms with van der Waals surface area (Å²) in [5, 5.41) is 24.7. The van der Waals surface area contributed by atoms with Crippen molar-refractivity contribution in [1.29, 1.82) is 0 Å². The lowest BCUT2D eigenvalue weighted by molar-refractivity contribution is -0.126. The van der Waals surface area contributed by atoms with Gasteiger partial charge in [-0.2, -0.15) is 0 Å². The minimum Gasteiger partial charge on any atom is -0.393 e. The van der Waals surface area contributed by atoms with Crippen molar-refractivity contribution < 1.29 is 19.8 Å². The van der Waals surface area contributed by atoms with E-state index >= 15 is 0 Å². The fraction of sp³-hybridized carbons (Fsp3) is 0.875. The molecule has 0 heterocycles. The van der Waals surface area contributed by atoms with Gasteiger partial charge in [0, 0.05) is 25.9 Å². The summed E-state index contributed by atoms with van der Waals surface area (Å²) in [6.45, 7) is 5.04. The van der Waals surface area contributed by atoms with Crippen LogP contribution in [0.25, 0.3) is 0 Å². The number of amides is 2. The summed E-state index contributed by atoms with van der Waals surface area (Å²) in [4.78, 5) is 23.0. The Balaban J connectivity index is 3.62. The van der Waals surface area contributed by atoms with Crippen molar-refractivity contribution in [1.82, 2.24) is 10.6 Å². The van der Waals surface area contributed by atoms with Crippen LogP contribution in [-0.2, 0) is 9.59 Å². The Morgan fingerprint density at radius 3 is 1.95 bits per heavy atom. The molecule has 130 valence electrons. The third-order valence-corrected chi connectivity index (χ3v) is 3.40. The molecule has 0 rings (SSSR count). The molecule has 2 unspecified atom stereocenters. The van der Waals surface area contributed by atoms with Crippen molar-refractivity contribution in [2.24, 2.45) is 0 Å². The van der Waals surface area contributed by atoms with Gasteiger partial charge in [-0.1, -0.05) is 26.7 Å². The number of rotatable bonds is 13. The molecule has 6 heteroatoms. The molecule has 0 saturated carbocycles. The predicted molar refractivity (Wildman–Crippen MR) is 86.3 cm³/mol. The molecule has 0 aromatic rings. The van der Waals surface area contributed by atoms with E-state index in [1.807, 2.05) is 6.92 Å². The molecule has 4 N–H and O–H groups in total. The predicted octanol–water partition coefficient (Wildman–Crippen LogP) is 1.10. The minimum absolute atomic E-state index is 0.105. The summed E-state index contributed by atoms with van der Waals surface area (Å²) in [5.41, 5.74) is 0. The largest absolute Gasteiger partial charge is 0.393 e. The number of aliphatic hydroxyl groups is 2. The van der Waals surface area contributed by atoms with Gasteiger partial charge in [0.25, 0.3) is 0 Å². The molecular weight excluding hydrogens is 284 g/mol. The standard InChI is InChI=1S/C16H32N2O4/c1-3-5-10-17-15(21)7-8-16(22)18-11-9-14(20)12-13(19)6-4-2/h13-14,19-20H,3-12H2,1-2H3,(H,17,21)(H,18,22). The normalized spacial score (nSPS) is 13.5. The van der Waals surface area contributed by atoms with Crippen molar-refractivity contribution in [3.63, 3.8) is 0 Å². The number of hydrogen-bond acceptors (Lipinski definition) is 4. The lowest BCUT2D eigenvalue weighted by atomic mass is 10.1. The van der Waals surface area contributed by atoms with Gasteiger partial charge in [0.1, 0.15) is 0 Å². The number of hydrogen-bond donors (Lipinski definition) is 4. The Hall–Kier alpha value is -1.14. The summed E-state index contributed by atoms with van der Waals surface area (Å²) >= 11 is 0. The van der Waals surface area contributed by atoms with Gasteiger partial charge in [-0.05, 0) is 25.7 Å². The van der Waals surface area contributed by atoms with E-state index in [1.165, 1.54) is 0 Å². The van der Waals surface area contributed by atoms with E-state index in [0.717, 1.165) is 19.3 Å². The molecule has 0 aliphatic carbocycles. The first-order chi connectivity index (χ1) is 10.5. The van der Waals surface area contributed by atoms with Gasteiger partial charge in [0.2, 0.25) is 11.8 Å². The van der Waals surface area contributed by atoms with Crippen molar-refractivity contribution in [2.75, 3.05) is 13.1 Å². The van der Waals surface area contributed by atoms with Gasteiger partial charge in [0.05, 0.1) is 12.2 Å². The number of carbonyl (C=O) groups excluding carboxylic acids is 2. The summed E-state index contributed by atoms with van der Waals surface area (Å²) in [6.07, 6.45) is 3.53. The van der Waals surface area contributed by atoms with Gasteiger partial charge in [-0.15, -0.1) is 0 Å². The quantitative estimate of drug-likeness (QED) is 0.382. The van der Waals surface area contributed by atoms with E-state index in [1.54, 1.807) is 0 Å². The van der Waals surface area contributed by atoms with Crippen molar-refractivity contribution in [3.8, 4) is 0 Å². The maximum Gasteiger partial charge on any atom is 0.220 e. The minimum atomic E-state index is -0.612. The second kappa shape index (κ2) is 13.5. The first-order valence-electron chi connectivity index (χ1n) is 8.39. The molecule has 0 bridgehead atoms. The molecule has 6 nitrogen and oxygen atoms in total. The van der Waals surface area contributed by atoms with E-state index in [0.29, 0.717) is 32.4 Å². The smallest absolute Gasteiger partial charge is 0.220 e. The van der Waals surface area contributed by atoms with E-state index < -0.39 is 12.2 Å². The average Bonchev–Trinajstić information content (AvgIpc) is 2.45. The van der Waals surface area contributed by atoms with Crippen LogP contribution >= 0.6 is 0 Å². The molecule has 0 aliphatic rings. The van der Waals surface area contributed by atoms with E-state index in [9.17, 15) is 19.8 Å².